The summed E-state index contributed by atoms with van der Waals surface area (Å²) in [7, 11) is 1.63. The number of ether oxygens (including phenoxy) is 2. The van der Waals surface area contributed by atoms with Crippen LogP contribution in [0.25, 0.3) is 11.1 Å². The molecule has 1 atom stereocenters. The average molecular weight is 411 g/mol. The number of likely N-dealkylation sites (tertiary alicyclic amines) is 1. The molecule has 1 aliphatic rings. The molecule has 0 radical (unpaired) electrons. The van der Waals surface area contributed by atoms with E-state index in [9.17, 15) is 4.79 Å². The monoisotopic (exact) mass is 410 g/mol. The molecule has 0 bridgehead atoms. The van der Waals surface area contributed by atoms with Crippen LogP contribution in [0.3, 0.4) is 0 Å². The summed E-state index contributed by atoms with van der Waals surface area (Å²) >= 11 is 0. The molecule has 1 amide bonds. The summed E-state index contributed by atoms with van der Waals surface area (Å²) in [4.78, 5) is 15.4. The van der Waals surface area contributed by atoms with Gasteiger partial charge in [0.2, 0.25) is 0 Å². The van der Waals surface area contributed by atoms with Gasteiger partial charge in [0.05, 0.1) is 13.7 Å². The molecule has 0 aromatic heterocycles. The summed E-state index contributed by atoms with van der Waals surface area (Å²) in [6, 6.07) is 14.3. The van der Waals surface area contributed by atoms with Crippen molar-refractivity contribution in [1.29, 1.82) is 0 Å². The van der Waals surface area contributed by atoms with Gasteiger partial charge in [-0.15, -0.1) is 0 Å². The lowest BCUT2D eigenvalue weighted by Crippen LogP contribution is -2.39. The molecule has 0 spiro atoms. The number of carbonyl (C=O) groups excluding carboxylic acids is 1. The third-order valence-corrected chi connectivity index (χ3v) is 5.75. The number of hydrogen-bond donors (Lipinski definition) is 1. The van der Waals surface area contributed by atoms with Crippen LogP contribution in [0.1, 0.15) is 49.9 Å². The number of methoxy groups -OCH3 is 1. The van der Waals surface area contributed by atoms with E-state index in [1.165, 1.54) is 25.8 Å². The van der Waals surface area contributed by atoms with E-state index in [1.54, 1.807) is 13.2 Å². The van der Waals surface area contributed by atoms with Crippen LogP contribution in [0, 0.1) is 0 Å². The molecule has 1 heterocycles. The summed E-state index contributed by atoms with van der Waals surface area (Å²) in [5, 5.41) is 3.08. The van der Waals surface area contributed by atoms with E-state index in [4.69, 9.17) is 9.47 Å². The van der Waals surface area contributed by atoms with Gasteiger partial charge in [0, 0.05) is 30.3 Å². The summed E-state index contributed by atoms with van der Waals surface area (Å²) in [5.41, 5.74) is 2.44. The lowest BCUT2D eigenvalue weighted by Gasteiger charge is -2.33. The van der Waals surface area contributed by atoms with E-state index in [2.05, 4.69) is 17.1 Å². The Morgan fingerprint density at radius 2 is 2.00 bits per heavy atom. The van der Waals surface area contributed by atoms with Crippen LogP contribution in [0.4, 0.5) is 0 Å². The van der Waals surface area contributed by atoms with Gasteiger partial charge in [0.25, 0.3) is 5.91 Å². The van der Waals surface area contributed by atoms with Gasteiger partial charge in [0.15, 0.2) is 11.5 Å². The molecule has 30 heavy (non-hydrogen) atoms. The van der Waals surface area contributed by atoms with Crippen LogP contribution < -0.4 is 14.8 Å². The van der Waals surface area contributed by atoms with Crippen molar-refractivity contribution in [2.24, 2.45) is 0 Å². The number of nitrogens with zero attached hydrogens (tertiary/aromatic N) is 1. The quantitative estimate of drug-likeness (QED) is 0.606. The molecule has 2 aromatic rings. The minimum atomic E-state index is -0.0810. The highest BCUT2D eigenvalue weighted by atomic mass is 16.5. The summed E-state index contributed by atoms with van der Waals surface area (Å²) in [5.74, 6) is 1.16. The Morgan fingerprint density at radius 1 is 1.20 bits per heavy atom. The van der Waals surface area contributed by atoms with Gasteiger partial charge in [-0.2, -0.15) is 0 Å². The van der Waals surface area contributed by atoms with Gasteiger partial charge < -0.3 is 19.7 Å². The molecule has 1 saturated heterocycles. The first-order valence-corrected chi connectivity index (χ1v) is 11.1. The van der Waals surface area contributed by atoms with Crippen molar-refractivity contribution in [2.45, 2.75) is 45.6 Å². The zero-order valence-electron chi connectivity index (χ0n) is 18.4. The Bertz CT molecular complexity index is 823. The normalized spacial score (nSPS) is 16.8. The number of piperidine rings is 1. The smallest absolute Gasteiger partial charge is 0.251 e. The van der Waals surface area contributed by atoms with Crippen LogP contribution in [-0.2, 0) is 0 Å². The fourth-order valence-corrected chi connectivity index (χ4v) is 4.11. The fourth-order valence-electron chi connectivity index (χ4n) is 4.11. The number of nitrogens with one attached hydrogen (secondary N) is 1. The Labute approximate surface area is 180 Å². The van der Waals surface area contributed by atoms with E-state index < -0.39 is 0 Å². The van der Waals surface area contributed by atoms with E-state index in [0.717, 1.165) is 24.1 Å². The van der Waals surface area contributed by atoms with Crippen molar-refractivity contribution in [2.75, 3.05) is 33.4 Å². The second-order valence-corrected chi connectivity index (χ2v) is 7.84. The number of benzene rings is 2. The standard InChI is InChI=1S/C25H34N2O3/c1-4-30-23-18-21(17-22(24(23)29-3)20-12-6-5-7-13-20)25(28)26-14-10-16-27-15-9-8-11-19(27)2/h5-7,12-13,17-19H,4,8-11,14-16H2,1-3H3,(H,26,28)/t19-/m1/s1. The number of carbonyl (C=O) groups is 1. The van der Waals surface area contributed by atoms with E-state index >= 15 is 0 Å². The summed E-state index contributed by atoms with van der Waals surface area (Å²) < 4.78 is 11.4. The van der Waals surface area contributed by atoms with Crippen molar-refractivity contribution in [3.05, 3.63) is 48.0 Å². The topological polar surface area (TPSA) is 50.8 Å². The van der Waals surface area contributed by atoms with Crippen molar-refractivity contribution < 1.29 is 14.3 Å². The molecule has 2 aromatic carbocycles. The molecule has 5 nitrogen and oxygen atoms in total. The average Bonchev–Trinajstić information content (AvgIpc) is 2.78. The predicted octanol–water partition coefficient (Wildman–Crippen LogP) is 4.76. The van der Waals surface area contributed by atoms with Gasteiger partial charge in [-0.25, -0.2) is 0 Å². The Morgan fingerprint density at radius 3 is 2.70 bits per heavy atom. The Balaban J connectivity index is 1.71. The maximum Gasteiger partial charge on any atom is 0.251 e. The molecular weight excluding hydrogens is 376 g/mol. The molecule has 0 saturated carbocycles. The molecule has 1 fully saturated rings. The molecule has 0 unspecified atom stereocenters. The van der Waals surface area contributed by atoms with Crippen LogP contribution in [0.15, 0.2) is 42.5 Å². The van der Waals surface area contributed by atoms with Crippen LogP contribution in [-0.4, -0.2) is 50.2 Å². The van der Waals surface area contributed by atoms with Crippen molar-refractivity contribution in [3.63, 3.8) is 0 Å². The molecule has 3 rings (SSSR count). The van der Waals surface area contributed by atoms with E-state index in [1.807, 2.05) is 43.3 Å². The maximum absolute atomic E-state index is 12.9. The van der Waals surface area contributed by atoms with Gasteiger partial charge in [-0.05, 0) is 57.4 Å². The zero-order valence-corrected chi connectivity index (χ0v) is 18.4. The maximum atomic E-state index is 12.9. The van der Waals surface area contributed by atoms with Gasteiger partial charge in [-0.3, -0.25) is 4.79 Å². The van der Waals surface area contributed by atoms with Crippen molar-refractivity contribution in [1.82, 2.24) is 10.2 Å². The van der Waals surface area contributed by atoms with Crippen molar-refractivity contribution in [3.8, 4) is 22.6 Å². The second kappa shape index (κ2) is 11.0. The third-order valence-electron chi connectivity index (χ3n) is 5.75. The molecule has 5 heteroatoms. The predicted molar refractivity (Wildman–Crippen MR) is 121 cm³/mol. The van der Waals surface area contributed by atoms with Gasteiger partial charge in [-0.1, -0.05) is 36.8 Å². The fraction of sp³-hybridized carbons (Fsp3) is 0.480. The highest BCUT2D eigenvalue weighted by Crippen LogP contribution is 2.39. The van der Waals surface area contributed by atoms with E-state index in [0.29, 0.717) is 36.3 Å². The molecule has 0 aliphatic carbocycles. The highest BCUT2D eigenvalue weighted by Gasteiger charge is 2.19. The van der Waals surface area contributed by atoms with Crippen LogP contribution in [0.2, 0.25) is 0 Å². The first-order valence-electron chi connectivity index (χ1n) is 11.1. The first-order chi connectivity index (χ1) is 14.6. The second-order valence-electron chi connectivity index (χ2n) is 7.84. The lowest BCUT2D eigenvalue weighted by atomic mass is 10.0. The molecule has 1 aliphatic heterocycles. The van der Waals surface area contributed by atoms with Crippen LogP contribution in [0.5, 0.6) is 11.5 Å². The van der Waals surface area contributed by atoms with E-state index in [-0.39, 0.29) is 5.91 Å². The number of hydrogen-bond acceptors (Lipinski definition) is 4. The Kier molecular flexibility index (Phi) is 8.14. The third kappa shape index (κ3) is 5.54. The molecule has 1 N–H and O–H groups in total. The highest BCUT2D eigenvalue weighted by molar-refractivity contribution is 5.97. The minimum absolute atomic E-state index is 0.0810. The zero-order chi connectivity index (χ0) is 21.3. The Hall–Kier alpha value is -2.53. The SMILES string of the molecule is CCOc1cc(C(=O)NCCCN2CCCC[C@H]2C)cc(-c2ccccc2)c1OC. The molecular formula is C25H34N2O3. The van der Waals surface area contributed by atoms with Crippen LogP contribution >= 0.6 is 0 Å². The molecule has 162 valence electrons. The van der Waals surface area contributed by atoms with Gasteiger partial charge >= 0.3 is 0 Å². The summed E-state index contributed by atoms with van der Waals surface area (Å²) in [6.45, 7) is 7.60. The largest absolute Gasteiger partial charge is 0.492 e. The van der Waals surface area contributed by atoms with Gasteiger partial charge in [0.1, 0.15) is 0 Å². The number of rotatable bonds is 9. The van der Waals surface area contributed by atoms with Crippen molar-refractivity contribution >= 4 is 5.91 Å². The lowest BCUT2D eigenvalue weighted by molar-refractivity contribution is 0.0948. The number of amides is 1. The first kappa shape index (κ1) is 22.2. The summed E-state index contributed by atoms with van der Waals surface area (Å²) in [6.07, 6.45) is 4.85. The minimum Gasteiger partial charge on any atom is -0.492 e.